The maximum atomic E-state index is 12.2. The minimum atomic E-state index is -3.15. The van der Waals surface area contributed by atoms with Gasteiger partial charge in [0.1, 0.15) is 0 Å². The summed E-state index contributed by atoms with van der Waals surface area (Å²) < 4.78 is 6.82. The first-order chi connectivity index (χ1) is 7.12. The van der Waals surface area contributed by atoms with Gasteiger partial charge in [0, 0.05) is 12.4 Å². The van der Waals surface area contributed by atoms with E-state index >= 15 is 0 Å². The fourth-order valence-electron chi connectivity index (χ4n) is 1.33. The molecule has 0 saturated carbocycles. The molecule has 0 spiro atoms. The average molecular weight is 277 g/mol. The quantitative estimate of drug-likeness (QED) is 0.425. The molecule has 2 N–H and O–H groups in total. The van der Waals surface area contributed by atoms with Crippen LogP contribution in [-0.4, -0.2) is 47.5 Å². The van der Waals surface area contributed by atoms with Gasteiger partial charge in [0.25, 0.3) is 8.02 Å². The summed E-state index contributed by atoms with van der Waals surface area (Å²) in [5.74, 6) is 0.327. The van der Waals surface area contributed by atoms with Gasteiger partial charge in [-0.15, -0.1) is 33.0 Å². The van der Waals surface area contributed by atoms with Gasteiger partial charge >= 0.3 is 0 Å². The Hall–Kier alpha value is 0.810. The molecule has 0 aromatic heterocycles. The molecule has 15 heavy (non-hydrogen) atoms. The van der Waals surface area contributed by atoms with Crippen molar-refractivity contribution in [3.8, 4) is 0 Å². The minimum Gasteiger partial charge on any atom is -0.626 e. The van der Waals surface area contributed by atoms with E-state index in [9.17, 15) is 10.00 Å². The normalized spacial score (nSPS) is 30.4. The molecule has 1 aliphatic rings. The van der Waals surface area contributed by atoms with Crippen LogP contribution in [0.2, 0.25) is 0 Å². The molecule has 90 valence electrons. The summed E-state index contributed by atoms with van der Waals surface area (Å²) in [4.78, 5) is 12.2. The number of halogens is 2. The Kier molecular flexibility index (Phi) is 6.03. The molecule has 0 aromatic carbocycles. The van der Waals surface area contributed by atoms with Crippen LogP contribution in [0.25, 0.3) is 0 Å². The molecule has 1 fully saturated rings. The Morgan fingerprint density at radius 2 is 2.33 bits per heavy atom. The van der Waals surface area contributed by atoms with Gasteiger partial charge in [0.2, 0.25) is 0 Å². The molecular weight excluding hydrogens is 262 g/mol. The molecule has 5 nitrogen and oxygen atoms in total. The number of alkyl halides is 2. The number of nitrogens with one attached hydrogen (secondary N) is 1. The first-order valence-corrected chi connectivity index (χ1v) is 7.35. The summed E-state index contributed by atoms with van der Waals surface area (Å²) in [5.41, 5.74) is 0. The molecule has 0 aliphatic carbocycles. The van der Waals surface area contributed by atoms with E-state index in [-0.39, 0.29) is 5.88 Å². The number of aliphatic hydroxyl groups is 1. The third-order valence-electron chi connectivity index (χ3n) is 2.00. The number of hydrogen-bond acceptors (Lipinski definition) is 5. The maximum absolute atomic E-state index is 12.2. The predicted molar refractivity (Wildman–Crippen MR) is 59.6 cm³/mol. The lowest BCUT2D eigenvalue weighted by Crippen LogP contribution is -2.49. The van der Waals surface area contributed by atoms with Crippen LogP contribution in [0.1, 0.15) is 6.42 Å². The molecule has 1 rings (SSSR count). The molecule has 0 amide bonds. The van der Waals surface area contributed by atoms with Crippen molar-refractivity contribution in [2.45, 2.75) is 12.6 Å². The summed E-state index contributed by atoms with van der Waals surface area (Å²) in [7, 11) is -3.15. The van der Waals surface area contributed by atoms with E-state index in [1.807, 2.05) is 0 Å². The van der Waals surface area contributed by atoms with Crippen molar-refractivity contribution < 1.29 is 14.5 Å². The van der Waals surface area contributed by atoms with Crippen LogP contribution >= 0.6 is 31.2 Å². The molecule has 2 unspecified atom stereocenters. The lowest BCUT2D eigenvalue weighted by atomic mass is 10.4. The largest absolute Gasteiger partial charge is 0.626 e. The van der Waals surface area contributed by atoms with Crippen molar-refractivity contribution in [2.75, 3.05) is 31.5 Å². The summed E-state index contributed by atoms with van der Waals surface area (Å²) in [5, 5.41) is 11.8. The van der Waals surface area contributed by atoms with Gasteiger partial charge in [-0.25, -0.2) is 4.52 Å². The van der Waals surface area contributed by atoms with Crippen LogP contribution < -0.4 is 9.98 Å². The number of hydrogen-bond donors (Lipinski definition) is 2. The van der Waals surface area contributed by atoms with Gasteiger partial charge in [-0.2, -0.15) is 0 Å². The lowest BCUT2D eigenvalue weighted by Gasteiger charge is -2.41. The highest BCUT2D eigenvalue weighted by atomic mass is 35.5. The van der Waals surface area contributed by atoms with Crippen LogP contribution in [0.5, 0.6) is 0 Å². The standard InChI is InChI=1S/C7H15Cl2N2O3P/c8-2-4-11-3-1-5-14-15(11,13)10-7(12)6-9/h7,12H,1-6H2,(H,10,13). The number of aliphatic hydroxyl groups excluding tert-OH is 1. The van der Waals surface area contributed by atoms with Crippen molar-refractivity contribution in [3.63, 3.8) is 0 Å². The summed E-state index contributed by atoms with van der Waals surface area (Å²) in [6.45, 7) is 1.52. The Morgan fingerprint density at radius 3 is 2.93 bits per heavy atom. The van der Waals surface area contributed by atoms with Crippen LogP contribution in [0, 0.1) is 0 Å². The number of nitrogens with zero attached hydrogens (tertiary/aromatic N) is 1. The minimum absolute atomic E-state index is 0.0396. The predicted octanol–water partition coefficient (Wildman–Crippen LogP) is 0.132. The summed E-state index contributed by atoms with van der Waals surface area (Å²) >= 11 is 11.0. The fraction of sp³-hybridized carbons (Fsp3) is 1.00. The zero-order valence-corrected chi connectivity index (χ0v) is 10.6. The highest BCUT2D eigenvalue weighted by molar-refractivity contribution is 7.59. The van der Waals surface area contributed by atoms with E-state index in [4.69, 9.17) is 27.7 Å². The molecule has 0 bridgehead atoms. The van der Waals surface area contributed by atoms with Crippen LogP contribution in [0.3, 0.4) is 0 Å². The van der Waals surface area contributed by atoms with Crippen LogP contribution in [0.15, 0.2) is 0 Å². The third-order valence-corrected chi connectivity index (χ3v) is 4.76. The van der Waals surface area contributed by atoms with Crippen molar-refractivity contribution in [2.24, 2.45) is 0 Å². The molecule has 1 heterocycles. The fourth-order valence-corrected chi connectivity index (χ4v) is 3.85. The topological polar surface area (TPSA) is 67.8 Å². The van der Waals surface area contributed by atoms with E-state index in [1.54, 1.807) is 4.67 Å². The SMILES string of the molecule is [O-][P+]1(NC(O)CCl)OCCCN1CCCl. The Labute approximate surface area is 99.9 Å². The Balaban J connectivity index is 2.58. The zero-order valence-electron chi connectivity index (χ0n) is 8.23. The van der Waals surface area contributed by atoms with Crippen molar-refractivity contribution in [3.05, 3.63) is 0 Å². The first-order valence-electron chi connectivity index (χ1n) is 4.70. The van der Waals surface area contributed by atoms with Gasteiger partial charge in [-0.3, -0.25) is 0 Å². The first kappa shape index (κ1) is 13.9. The second-order valence-corrected chi connectivity index (χ2v) is 5.96. The van der Waals surface area contributed by atoms with E-state index in [0.717, 1.165) is 6.42 Å². The smallest absolute Gasteiger partial charge is 0.252 e. The van der Waals surface area contributed by atoms with E-state index in [2.05, 4.69) is 5.09 Å². The van der Waals surface area contributed by atoms with E-state index in [1.165, 1.54) is 0 Å². The van der Waals surface area contributed by atoms with Crippen LogP contribution in [0.4, 0.5) is 0 Å². The molecule has 8 heteroatoms. The Bertz CT molecular complexity index is 201. The molecule has 2 atom stereocenters. The molecule has 1 aliphatic heterocycles. The molecule has 1 saturated heterocycles. The van der Waals surface area contributed by atoms with Gasteiger partial charge < -0.3 is 10.00 Å². The zero-order chi connectivity index (χ0) is 11.3. The van der Waals surface area contributed by atoms with E-state index < -0.39 is 14.2 Å². The van der Waals surface area contributed by atoms with Gasteiger partial charge in [0.05, 0.1) is 19.0 Å². The molecule has 0 aromatic rings. The molecule has 0 radical (unpaired) electrons. The highest BCUT2D eigenvalue weighted by Gasteiger charge is 2.41. The van der Waals surface area contributed by atoms with Crippen LogP contribution in [-0.2, 0) is 4.52 Å². The van der Waals surface area contributed by atoms with Crippen molar-refractivity contribution in [1.82, 2.24) is 9.76 Å². The monoisotopic (exact) mass is 276 g/mol. The Morgan fingerprint density at radius 1 is 1.60 bits per heavy atom. The molecular formula is C7H15Cl2N2O3P. The summed E-state index contributed by atoms with van der Waals surface area (Å²) in [6, 6.07) is 0. The second kappa shape index (κ2) is 6.52. The van der Waals surface area contributed by atoms with Crippen molar-refractivity contribution >= 4 is 31.2 Å². The van der Waals surface area contributed by atoms with Crippen molar-refractivity contribution in [1.29, 1.82) is 0 Å². The second-order valence-electron chi connectivity index (χ2n) is 3.15. The average Bonchev–Trinajstić information content (AvgIpc) is 2.21. The third kappa shape index (κ3) is 3.95. The van der Waals surface area contributed by atoms with Gasteiger partial charge in [0.15, 0.2) is 6.23 Å². The highest BCUT2D eigenvalue weighted by Crippen LogP contribution is 2.53. The van der Waals surface area contributed by atoms with Gasteiger partial charge in [-0.1, -0.05) is 0 Å². The lowest BCUT2D eigenvalue weighted by molar-refractivity contribution is -0.217. The van der Waals surface area contributed by atoms with Gasteiger partial charge in [-0.05, 0) is 6.42 Å². The summed E-state index contributed by atoms with van der Waals surface area (Å²) in [6.07, 6.45) is -0.229. The van der Waals surface area contributed by atoms with E-state index in [0.29, 0.717) is 25.6 Å². The number of rotatable bonds is 5. The maximum Gasteiger partial charge on any atom is 0.252 e.